The summed E-state index contributed by atoms with van der Waals surface area (Å²) in [5.41, 5.74) is 4.54. The van der Waals surface area contributed by atoms with Crippen molar-refractivity contribution in [3.8, 4) is 5.75 Å². The Labute approximate surface area is 188 Å². The van der Waals surface area contributed by atoms with Crippen LogP contribution in [-0.2, 0) is 7.05 Å². The molecule has 2 aliphatic rings. The van der Waals surface area contributed by atoms with E-state index in [0.29, 0.717) is 18.0 Å². The Morgan fingerprint density at radius 2 is 1.94 bits per heavy atom. The van der Waals surface area contributed by atoms with Gasteiger partial charge in [0.25, 0.3) is 5.91 Å². The number of likely N-dealkylation sites (tertiary alicyclic amines) is 1. The predicted molar refractivity (Wildman–Crippen MR) is 124 cm³/mol. The summed E-state index contributed by atoms with van der Waals surface area (Å²) >= 11 is 0. The summed E-state index contributed by atoms with van der Waals surface area (Å²) in [6, 6.07) is 10.3. The first-order chi connectivity index (χ1) is 15.5. The number of carbonyl (C=O) groups is 1. The molecule has 2 aromatic heterocycles. The van der Waals surface area contributed by atoms with E-state index in [1.54, 1.807) is 11.8 Å². The highest BCUT2D eigenvalue weighted by molar-refractivity contribution is 6.06. The molecule has 5 rings (SSSR count). The van der Waals surface area contributed by atoms with Crippen molar-refractivity contribution in [1.29, 1.82) is 0 Å². The molecule has 1 aromatic carbocycles. The number of benzene rings is 1. The molecule has 3 aromatic rings. The first kappa shape index (κ1) is 20.9. The molecule has 1 amide bonds. The lowest BCUT2D eigenvalue weighted by Crippen LogP contribution is -2.37. The fraction of sp³-hybridized carbons (Fsp3) is 0.480. The van der Waals surface area contributed by atoms with E-state index < -0.39 is 0 Å². The fourth-order valence-corrected chi connectivity index (χ4v) is 4.85. The van der Waals surface area contributed by atoms with E-state index in [1.165, 1.54) is 18.4 Å². The highest BCUT2D eigenvalue weighted by Crippen LogP contribution is 2.40. The Kier molecular flexibility index (Phi) is 5.59. The maximum atomic E-state index is 13.5. The maximum absolute atomic E-state index is 13.5. The molecule has 0 bridgehead atoms. The molecule has 0 spiro atoms. The standard InChI is InChI=1S/C25H31N5O2/c1-16-23-20(14-21(17-6-7-17)27-24(23)29(2)28-16)25(31)26-15-22(30-12-4-5-13-30)18-8-10-19(32-3)11-9-18/h8-11,14,17,22H,4-7,12-13,15H2,1-3H3,(H,26,31)/t22-/m0/s1. The van der Waals surface area contributed by atoms with Gasteiger partial charge in [-0.25, -0.2) is 4.98 Å². The van der Waals surface area contributed by atoms with Crippen molar-refractivity contribution < 1.29 is 9.53 Å². The molecule has 0 radical (unpaired) electrons. The minimum atomic E-state index is -0.0480. The summed E-state index contributed by atoms with van der Waals surface area (Å²) in [6.07, 6.45) is 4.69. The van der Waals surface area contributed by atoms with Crippen molar-refractivity contribution in [3.05, 3.63) is 52.8 Å². The molecule has 2 fully saturated rings. The van der Waals surface area contributed by atoms with Gasteiger partial charge in [-0.05, 0) is 69.5 Å². The summed E-state index contributed by atoms with van der Waals surface area (Å²) in [7, 11) is 3.58. The van der Waals surface area contributed by atoms with Gasteiger partial charge in [0, 0.05) is 25.2 Å². The second kappa shape index (κ2) is 8.54. The third kappa shape index (κ3) is 3.97. The van der Waals surface area contributed by atoms with Crippen LogP contribution < -0.4 is 10.1 Å². The van der Waals surface area contributed by atoms with Crippen LogP contribution in [0.1, 0.15) is 65.0 Å². The lowest BCUT2D eigenvalue weighted by atomic mass is 10.0. The summed E-state index contributed by atoms with van der Waals surface area (Å²) in [5, 5.41) is 8.63. The van der Waals surface area contributed by atoms with Crippen molar-refractivity contribution in [2.75, 3.05) is 26.7 Å². The van der Waals surface area contributed by atoms with Crippen molar-refractivity contribution >= 4 is 16.9 Å². The van der Waals surface area contributed by atoms with Crippen molar-refractivity contribution in [2.45, 2.75) is 44.6 Å². The quantitative estimate of drug-likeness (QED) is 0.615. The highest BCUT2D eigenvalue weighted by atomic mass is 16.5. The van der Waals surface area contributed by atoms with Crippen LogP contribution in [0.3, 0.4) is 0 Å². The number of nitrogens with one attached hydrogen (secondary N) is 1. The largest absolute Gasteiger partial charge is 0.497 e. The highest BCUT2D eigenvalue weighted by Gasteiger charge is 2.29. The molecule has 1 saturated heterocycles. The first-order valence-electron chi connectivity index (χ1n) is 11.6. The number of hydrogen-bond acceptors (Lipinski definition) is 5. The molecule has 1 aliphatic carbocycles. The molecule has 0 unspecified atom stereocenters. The van der Waals surface area contributed by atoms with E-state index in [2.05, 4.69) is 27.4 Å². The molecule has 7 nitrogen and oxygen atoms in total. The van der Waals surface area contributed by atoms with Crippen LogP contribution in [0.5, 0.6) is 5.75 Å². The van der Waals surface area contributed by atoms with Crippen LogP contribution in [0.15, 0.2) is 30.3 Å². The van der Waals surface area contributed by atoms with Crippen LogP contribution in [-0.4, -0.2) is 52.3 Å². The number of methoxy groups -OCH3 is 1. The average molecular weight is 434 g/mol. The second-order valence-electron chi connectivity index (χ2n) is 9.02. The molecule has 1 N–H and O–H groups in total. The second-order valence-corrected chi connectivity index (χ2v) is 9.02. The van der Waals surface area contributed by atoms with E-state index in [0.717, 1.165) is 54.1 Å². The van der Waals surface area contributed by atoms with Gasteiger partial charge in [0.05, 0.1) is 29.8 Å². The molecule has 32 heavy (non-hydrogen) atoms. The average Bonchev–Trinajstić information content (AvgIpc) is 3.45. The molecule has 1 atom stereocenters. The monoisotopic (exact) mass is 433 g/mol. The molecule has 3 heterocycles. The van der Waals surface area contributed by atoms with Gasteiger partial charge in [0.1, 0.15) is 5.75 Å². The number of fused-ring (bicyclic) bond motifs is 1. The Bertz CT molecular complexity index is 1130. The van der Waals surface area contributed by atoms with Gasteiger partial charge in [-0.3, -0.25) is 14.4 Å². The van der Waals surface area contributed by atoms with Crippen LogP contribution >= 0.6 is 0 Å². The molecule has 168 valence electrons. The lowest BCUT2D eigenvalue weighted by Gasteiger charge is -2.28. The minimum absolute atomic E-state index is 0.0480. The van der Waals surface area contributed by atoms with Gasteiger partial charge >= 0.3 is 0 Å². The zero-order chi connectivity index (χ0) is 22.2. The molecule has 1 aliphatic heterocycles. The van der Waals surface area contributed by atoms with Gasteiger partial charge in [-0.2, -0.15) is 5.10 Å². The predicted octanol–water partition coefficient (Wildman–Crippen LogP) is 3.73. The van der Waals surface area contributed by atoms with Crippen molar-refractivity contribution in [2.24, 2.45) is 7.05 Å². The number of amides is 1. The Morgan fingerprint density at radius 3 is 2.59 bits per heavy atom. The van der Waals surface area contributed by atoms with E-state index >= 15 is 0 Å². The number of nitrogens with zero attached hydrogens (tertiary/aromatic N) is 4. The molecular weight excluding hydrogens is 402 g/mol. The smallest absolute Gasteiger partial charge is 0.252 e. The summed E-state index contributed by atoms with van der Waals surface area (Å²) in [4.78, 5) is 20.7. The lowest BCUT2D eigenvalue weighted by molar-refractivity contribution is 0.0939. The summed E-state index contributed by atoms with van der Waals surface area (Å²) < 4.78 is 7.11. The van der Waals surface area contributed by atoms with E-state index in [9.17, 15) is 4.79 Å². The SMILES string of the molecule is COc1ccc([C@H](CNC(=O)c2cc(C3CC3)nc3c2c(C)nn3C)N2CCCC2)cc1. The van der Waals surface area contributed by atoms with Gasteiger partial charge < -0.3 is 10.1 Å². The molecular formula is C25H31N5O2. The number of pyridine rings is 1. The van der Waals surface area contributed by atoms with Gasteiger partial charge in [0.2, 0.25) is 0 Å². The van der Waals surface area contributed by atoms with Crippen LogP contribution in [0, 0.1) is 6.92 Å². The number of hydrogen-bond donors (Lipinski definition) is 1. The maximum Gasteiger partial charge on any atom is 0.252 e. The first-order valence-corrected chi connectivity index (χ1v) is 11.6. The Balaban J connectivity index is 1.42. The molecule has 7 heteroatoms. The normalized spacial score (nSPS) is 17.6. The van der Waals surface area contributed by atoms with E-state index in [4.69, 9.17) is 9.72 Å². The van der Waals surface area contributed by atoms with E-state index in [1.807, 2.05) is 32.2 Å². The van der Waals surface area contributed by atoms with E-state index in [-0.39, 0.29) is 11.9 Å². The summed E-state index contributed by atoms with van der Waals surface area (Å²) in [5.74, 6) is 1.27. The number of aromatic nitrogens is 3. The third-order valence-electron chi connectivity index (χ3n) is 6.77. The zero-order valence-electron chi connectivity index (χ0n) is 19.1. The number of ether oxygens (including phenoxy) is 1. The zero-order valence-corrected chi connectivity index (χ0v) is 19.1. The number of aryl methyl sites for hydroxylation is 2. The number of carbonyl (C=O) groups excluding carboxylic acids is 1. The van der Waals surface area contributed by atoms with Crippen LogP contribution in [0.4, 0.5) is 0 Å². The van der Waals surface area contributed by atoms with Crippen LogP contribution in [0.2, 0.25) is 0 Å². The topological polar surface area (TPSA) is 72.3 Å². The van der Waals surface area contributed by atoms with Gasteiger partial charge in [-0.1, -0.05) is 12.1 Å². The van der Waals surface area contributed by atoms with Gasteiger partial charge in [0.15, 0.2) is 5.65 Å². The molecule has 1 saturated carbocycles. The van der Waals surface area contributed by atoms with Gasteiger partial charge in [-0.15, -0.1) is 0 Å². The minimum Gasteiger partial charge on any atom is -0.497 e. The van der Waals surface area contributed by atoms with Crippen molar-refractivity contribution in [1.82, 2.24) is 25.0 Å². The number of rotatable bonds is 7. The Morgan fingerprint density at radius 1 is 1.22 bits per heavy atom. The third-order valence-corrected chi connectivity index (χ3v) is 6.77. The van der Waals surface area contributed by atoms with Crippen LogP contribution in [0.25, 0.3) is 11.0 Å². The fourth-order valence-electron chi connectivity index (χ4n) is 4.85. The van der Waals surface area contributed by atoms with Crippen molar-refractivity contribution in [3.63, 3.8) is 0 Å². The Hall–Kier alpha value is -2.93. The summed E-state index contributed by atoms with van der Waals surface area (Å²) in [6.45, 7) is 4.62.